The third-order valence-corrected chi connectivity index (χ3v) is 4.62. The predicted octanol–water partition coefficient (Wildman–Crippen LogP) is 3.24. The summed E-state index contributed by atoms with van der Waals surface area (Å²) in [5, 5.41) is 0. The van der Waals surface area contributed by atoms with Gasteiger partial charge < -0.3 is 16.2 Å². The molecule has 0 saturated carbocycles. The first kappa shape index (κ1) is 15.6. The number of anilines is 1. The van der Waals surface area contributed by atoms with E-state index in [1.54, 1.807) is 0 Å². The van der Waals surface area contributed by atoms with Gasteiger partial charge >= 0.3 is 0 Å². The summed E-state index contributed by atoms with van der Waals surface area (Å²) in [7, 11) is 0. The molecule has 4 N–H and O–H groups in total. The second kappa shape index (κ2) is 6.42. The average molecular weight is 310 g/mol. The average Bonchev–Trinajstić information content (AvgIpc) is 2.56. The minimum Gasteiger partial charge on any atom is -0.398 e. The van der Waals surface area contributed by atoms with E-state index < -0.39 is 5.91 Å². The molecule has 1 fully saturated rings. The van der Waals surface area contributed by atoms with E-state index in [1.165, 1.54) is 5.56 Å². The van der Waals surface area contributed by atoms with Crippen LogP contribution in [0.4, 0.5) is 5.69 Å². The highest BCUT2D eigenvalue weighted by Gasteiger charge is 2.20. The van der Waals surface area contributed by atoms with Gasteiger partial charge in [-0.25, -0.2) is 0 Å². The number of ether oxygens (including phenoxy) is 1. The van der Waals surface area contributed by atoms with Crippen LogP contribution in [0.1, 0.15) is 40.2 Å². The highest BCUT2D eigenvalue weighted by Crippen LogP contribution is 2.37. The van der Waals surface area contributed by atoms with Crippen molar-refractivity contribution < 1.29 is 9.53 Å². The zero-order chi connectivity index (χ0) is 16.4. The molecule has 1 amide bonds. The molecule has 1 aliphatic heterocycles. The fourth-order valence-corrected chi connectivity index (χ4v) is 3.25. The van der Waals surface area contributed by atoms with Gasteiger partial charge in [0.1, 0.15) is 0 Å². The third-order valence-electron chi connectivity index (χ3n) is 4.62. The van der Waals surface area contributed by atoms with Crippen molar-refractivity contribution in [3.05, 3.63) is 53.1 Å². The number of para-hydroxylation sites is 1. The topological polar surface area (TPSA) is 78.3 Å². The molecule has 0 aromatic heterocycles. The van der Waals surface area contributed by atoms with E-state index in [4.69, 9.17) is 16.2 Å². The number of carbonyl (C=O) groups is 1. The van der Waals surface area contributed by atoms with Gasteiger partial charge in [0.15, 0.2) is 0 Å². The maximum Gasteiger partial charge on any atom is 0.248 e. The van der Waals surface area contributed by atoms with E-state index in [0.29, 0.717) is 11.5 Å². The van der Waals surface area contributed by atoms with Crippen molar-refractivity contribution in [2.45, 2.75) is 25.7 Å². The van der Waals surface area contributed by atoms with Crippen molar-refractivity contribution in [2.75, 3.05) is 18.9 Å². The predicted molar refractivity (Wildman–Crippen MR) is 92.3 cm³/mol. The molecule has 1 saturated heterocycles. The largest absolute Gasteiger partial charge is 0.398 e. The van der Waals surface area contributed by atoms with Crippen molar-refractivity contribution in [3.63, 3.8) is 0 Å². The Morgan fingerprint density at radius 3 is 2.61 bits per heavy atom. The molecule has 0 radical (unpaired) electrons. The minimum atomic E-state index is -0.413. The molecule has 4 nitrogen and oxygen atoms in total. The number of carbonyl (C=O) groups excluding carboxylic acids is 1. The zero-order valence-corrected chi connectivity index (χ0v) is 13.3. The number of amides is 1. The third kappa shape index (κ3) is 3.08. The Balaban J connectivity index is 2.03. The standard InChI is InChI=1S/C19H22N2O2/c1-12-5-6-14(11-17(12)19(21)22)16-4-2-3-15(18(16)20)13-7-9-23-10-8-13/h2-6,11,13H,7-10,20H2,1H3,(H2,21,22). The summed E-state index contributed by atoms with van der Waals surface area (Å²) in [4.78, 5) is 11.6. The summed E-state index contributed by atoms with van der Waals surface area (Å²) in [5.41, 5.74) is 17.2. The number of nitrogens with two attached hydrogens (primary N) is 2. The monoisotopic (exact) mass is 310 g/mol. The molecular formula is C19H22N2O2. The van der Waals surface area contributed by atoms with Crippen LogP contribution in [0.25, 0.3) is 11.1 Å². The van der Waals surface area contributed by atoms with Crippen molar-refractivity contribution >= 4 is 11.6 Å². The molecule has 120 valence electrons. The van der Waals surface area contributed by atoms with Crippen LogP contribution in [0, 0.1) is 6.92 Å². The maximum atomic E-state index is 11.6. The number of hydrogen-bond donors (Lipinski definition) is 2. The van der Waals surface area contributed by atoms with Crippen molar-refractivity contribution in [1.82, 2.24) is 0 Å². The van der Waals surface area contributed by atoms with Gasteiger partial charge in [0, 0.05) is 30.0 Å². The van der Waals surface area contributed by atoms with Gasteiger partial charge in [0.2, 0.25) is 5.91 Å². The van der Waals surface area contributed by atoms with Crippen molar-refractivity contribution in [3.8, 4) is 11.1 Å². The Morgan fingerprint density at radius 1 is 1.17 bits per heavy atom. The molecule has 0 spiro atoms. The molecule has 0 unspecified atom stereocenters. The molecule has 23 heavy (non-hydrogen) atoms. The van der Waals surface area contributed by atoms with Crippen molar-refractivity contribution in [2.24, 2.45) is 5.73 Å². The molecule has 0 bridgehead atoms. The summed E-state index contributed by atoms with van der Waals surface area (Å²) in [6, 6.07) is 11.8. The molecule has 1 heterocycles. The van der Waals surface area contributed by atoms with Crippen LogP contribution in [0.15, 0.2) is 36.4 Å². The lowest BCUT2D eigenvalue weighted by molar-refractivity contribution is 0.0855. The number of benzene rings is 2. The smallest absolute Gasteiger partial charge is 0.248 e. The van der Waals surface area contributed by atoms with E-state index in [0.717, 1.165) is 48.4 Å². The van der Waals surface area contributed by atoms with Gasteiger partial charge in [0.05, 0.1) is 0 Å². The molecular weight excluding hydrogens is 288 g/mol. The van der Waals surface area contributed by atoms with Crippen LogP contribution in [-0.2, 0) is 4.74 Å². The Hall–Kier alpha value is -2.33. The van der Waals surface area contributed by atoms with Gasteiger partial charge in [-0.05, 0) is 48.4 Å². The number of rotatable bonds is 3. The summed E-state index contributed by atoms with van der Waals surface area (Å²) in [5.74, 6) is 0.0215. The van der Waals surface area contributed by atoms with E-state index in [9.17, 15) is 4.79 Å². The Bertz CT molecular complexity index is 734. The SMILES string of the molecule is Cc1ccc(-c2cccc(C3CCOCC3)c2N)cc1C(N)=O. The number of nitrogen functional groups attached to an aromatic ring is 1. The number of aryl methyl sites for hydroxylation is 1. The van der Waals surface area contributed by atoms with Gasteiger partial charge in [-0.3, -0.25) is 4.79 Å². The molecule has 0 aliphatic carbocycles. The Kier molecular flexibility index (Phi) is 4.35. The fraction of sp³-hybridized carbons (Fsp3) is 0.316. The molecule has 1 aliphatic rings. The summed E-state index contributed by atoms with van der Waals surface area (Å²) < 4.78 is 5.44. The van der Waals surface area contributed by atoms with Crippen LogP contribution in [0.5, 0.6) is 0 Å². The van der Waals surface area contributed by atoms with Crippen LogP contribution >= 0.6 is 0 Å². The van der Waals surface area contributed by atoms with Gasteiger partial charge in [-0.1, -0.05) is 30.3 Å². The van der Waals surface area contributed by atoms with Crippen LogP contribution in [0.2, 0.25) is 0 Å². The van der Waals surface area contributed by atoms with Crippen LogP contribution < -0.4 is 11.5 Å². The maximum absolute atomic E-state index is 11.6. The second-order valence-corrected chi connectivity index (χ2v) is 6.09. The zero-order valence-electron chi connectivity index (χ0n) is 13.3. The molecule has 4 heteroatoms. The van der Waals surface area contributed by atoms with Gasteiger partial charge in [-0.15, -0.1) is 0 Å². The molecule has 2 aromatic rings. The normalized spacial score (nSPS) is 15.5. The number of primary amides is 1. The lowest BCUT2D eigenvalue weighted by Crippen LogP contribution is -2.15. The first-order chi connectivity index (χ1) is 11.1. The Morgan fingerprint density at radius 2 is 1.91 bits per heavy atom. The van der Waals surface area contributed by atoms with E-state index in [2.05, 4.69) is 6.07 Å². The summed E-state index contributed by atoms with van der Waals surface area (Å²) in [6.45, 7) is 3.45. The van der Waals surface area contributed by atoms with Crippen molar-refractivity contribution in [1.29, 1.82) is 0 Å². The summed E-state index contributed by atoms with van der Waals surface area (Å²) >= 11 is 0. The van der Waals surface area contributed by atoms with E-state index in [-0.39, 0.29) is 0 Å². The minimum absolute atomic E-state index is 0.413. The first-order valence-corrected chi connectivity index (χ1v) is 7.95. The molecule has 0 atom stereocenters. The van der Waals surface area contributed by atoms with Crippen LogP contribution in [0.3, 0.4) is 0 Å². The molecule has 3 rings (SSSR count). The quantitative estimate of drug-likeness (QED) is 0.854. The molecule has 2 aromatic carbocycles. The highest BCUT2D eigenvalue weighted by molar-refractivity contribution is 5.96. The lowest BCUT2D eigenvalue weighted by Gasteiger charge is -2.24. The Labute approximate surface area is 136 Å². The van der Waals surface area contributed by atoms with Gasteiger partial charge in [0.25, 0.3) is 0 Å². The first-order valence-electron chi connectivity index (χ1n) is 7.95. The summed E-state index contributed by atoms with van der Waals surface area (Å²) in [6.07, 6.45) is 1.99. The van der Waals surface area contributed by atoms with E-state index in [1.807, 2.05) is 37.3 Å². The lowest BCUT2D eigenvalue weighted by atomic mass is 9.87. The van der Waals surface area contributed by atoms with Gasteiger partial charge in [-0.2, -0.15) is 0 Å². The van der Waals surface area contributed by atoms with E-state index >= 15 is 0 Å². The highest BCUT2D eigenvalue weighted by atomic mass is 16.5. The van der Waals surface area contributed by atoms with Crippen LogP contribution in [-0.4, -0.2) is 19.1 Å². The number of hydrogen-bond acceptors (Lipinski definition) is 3. The fourth-order valence-electron chi connectivity index (χ4n) is 3.25. The second-order valence-electron chi connectivity index (χ2n) is 6.09.